The topological polar surface area (TPSA) is 9.23 Å². The molecule has 0 aromatic heterocycles. The molecule has 0 atom stereocenters. The maximum atomic E-state index is 6.01. The van der Waals surface area contributed by atoms with Crippen molar-refractivity contribution in [1.82, 2.24) is 0 Å². The molecule has 2 rings (SSSR count). The van der Waals surface area contributed by atoms with Gasteiger partial charge in [-0.2, -0.15) is 0 Å². The van der Waals surface area contributed by atoms with Gasteiger partial charge in [-0.1, -0.05) is 109 Å². The maximum Gasteiger partial charge on any atom is 0.119 e. The van der Waals surface area contributed by atoms with Gasteiger partial charge in [-0.3, -0.25) is 0 Å². The van der Waals surface area contributed by atoms with E-state index in [9.17, 15) is 0 Å². The summed E-state index contributed by atoms with van der Waals surface area (Å²) in [4.78, 5) is 0. The predicted molar refractivity (Wildman–Crippen MR) is 128 cm³/mol. The Bertz CT molecular complexity index is 484. The standard InChI is InChI=1S/C28H48O/c1-3-5-7-8-9-11-14-26-20-22-28(23-21-26)29-24-12-15-27-18-16-25(17-19-27)13-10-6-4-2/h20-23,25,27H,3-19,24H2,1-2H3. The lowest BCUT2D eigenvalue weighted by Gasteiger charge is -2.28. The third-order valence-electron chi connectivity index (χ3n) is 6.95. The minimum Gasteiger partial charge on any atom is -0.494 e. The van der Waals surface area contributed by atoms with Gasteiger partial charge in [-0.05, 0) is 55.2 Å². The second-order valence-electron chi connectivity index (χ2n) is 9.53. The molecule has 1 aromatic rings. The Morgan fingerprint density at radius 2 is 1.21 bits per heavy atom. The van der Waals surface area contributed by atoms with Crippen LogP contribution in [-0.4, -0.2) is 6.61 Å². The second-order valence-corrected chi connectivity index (χ2v) is 9.53. The zero-order valence-corrected chi connectivity index (χ0v) is 19.6. The van der Waals surface area contributed by atoms with E-state index < -0.39 is 0 Å². The molecule has 166 valence electrons. The molecular formula is C28H48O. The van der Waals surface area contributed by atoms with Crippen LogP contribution in [0.1, 0.15) is 122 Å². The number of ether oxygens (including phenoxy) is 1. The maximum absolute atomic E-state index is 6.01. The molecule has 0 spiro atoms. The molecule has 0 N–H and O–H groups in total. The van der Waals surface area contributed by atoms with Gasteiger partial charge in [-0.15, -0.1) is 0 Å². The number of unbranched alkanes of at least 4 members (excludes halogenated alkanes) is 7. The van der Waals surface area contributed by atoms with Crippen LogP contribution in [0, 0.1) is 11.8 Å². The predicted octanol–water partition coefficient (Wildman–Crippen LogP) is 9.14. The van der Waals surface area contributed by atoms with Gasteiger partial charge in [-0.25, -0.2) is 0 Å². The van der Waals surface area contributed by atoms with E-state index in [1.807, 2.05) is 0 Å². The lowest BCUT2D eigenvalue weighted by Crippen LogP contribution is -2.15. The molecule has 29 heavy (non-hydrogen) atoms. The highest BCUT2D eigenvalue weighted by atomic mass is 16.5. The summed E-state index contributed by atoms with van der Waals surface area (Å²) >= 11 is 0. The molecule has 1 heteroatoms. The van der Waals surface area contributed by atoms with Crippen molar-refractivity contribution in [2.75, 3.05) is 6.61 Å². The van der Waals surface area contributed by atoms with Gasteiger partial charge in [0.2, 0.25) is 0 Å². The minimum atomic E-state index is 0.882. The van der Waals surface area contributed by atoms with Crippen molar-refractivity contribution in [3.63, 3.8) is 0 Å². The summed E-state index contributed by atoms with van der Waals surface area (Å²) in [5.74, 6) is 3.04. The van der Waals surface area contributed by atoms with Gasteiger partial charge >= 0.3 is 0 Å². The Kier molecular flexibility index (Phi) is 13.2. The van der Waals surface area contributed by atoms with Crippen LogP contribution in [0.5, 0.6) is 5.75 Å². The molecule has 1 aromatic carbocycles. The molecule has 1 aliphatic rings. The smallest absolute Gasteiger partial charge is 0.119 e. The summed E-state index contributed by atoms with van der Waals surface area (Å²) in [5.41, 5.74) is 1.46. The molecule has 1 saturated carbocycles. The van der Waals surface area contributed by atoms with Gasteiger partial charge in [0, 0.05) is 0 Å². The molecule has 0 heterocycles. The van der Waals surface area contributed by atoms with E-state index >= 15 is 0 Å². The summed E-state index contributed by atoms with van der Waals surface area (Å²) in [7, 11) is 0. The zero-order chi connectivity index (χ0) is 20.6. The molecular weight excluding hydrogens is 352 g/mol. The summed E-state index contributed by atoms with van der Waals surface area (Å²) in [6.07, 6.45) is 23.6. The van der Waals surface area contributed by atoms with Gasteiger partial charge < -0.3 is 4.74 Å². The van der Waals surface area contributed by atoms with Crippen LogP contribution in [0.4, 0.5) is 0 Å². The Morgan fingerprint density at radius 1 is 0.655 bits per heavy atom. The number of hydrogen-bond acceptors (Lipinski definition) is 1. The average Bonchev–Trinajstić information content (AvgIpc) is 2.76. The molecule has 1 nitrogen and oxygen atoms in total. The van der Waals surface area contributed by atoms with E-state index in [4.69, 9.17) is 4.74 Å². The molecule has 0 aliphatic heterocycles. The van der Waals surface area contributed by atoms with Crippen LogP contribution in [0.25, 0.3) is 0 Å². The van der Waals surface area contributed by atoms with Crippen LogP contribution in [-0.2, 0) is 6.42 Å². The number of benzene rings is 1. The Labute approximate surface area is 182 Å². The fourth-order valence-corrected chi connectivity index (χ4v) is 4.92. The van der Waals surface area contributed by atoms with Crippen molar-refractivity contribution in [3.8, 4) is 5.75 Å². The van der Waals surface area contributed by atoms with E-state index in [-0.39, 0.29) is 0 Å². The van der Waals surface area contributed by atoms with Crippen molar-refractivity contribution in [2.45, 2.75) is 123 Å². The second kappa shape index (κ2) is 15.8. The first-order valence-electron chi connectivity index (χ1n) is 13.0. The number of aryl methyl sites for hydroxylation is 1. The number of rotatable bonds is 16. The molecule has 0 radical (unpaired) electrons. The Hall–Kier alpha value is -0.980. The molecule has 1 fully saturated rings. The van der Waals surface area contributed by atoms with Crippen LogP contribution in [0.2, 0.25) is 0 Å². The van der Waals surface area contributed by atoms with Crippen molar-refractivity contribution >= 4 is 0 Å². The molecule has 0 saturated heterocycles. The first kappa shape index (κ1) is 24.3. The van der Waals surface area contributed by atoms with Gasteiger partial charge in [0.1, 0.15) is 5.75 Å². The summed E-state index contributed by atoms with van der Waals surface area (Å²) < 4.78 is 6.01. The van der Waals surface area contributed by atoms with Gasteiger partial charge in [0.15, 0.2) is 0 Å². The van der Waals surface area contributed by atoms with Crippen molar-refractivity contribution in [3.05, 3.63) is 29.8 Å². The highest BCUT2D eigenvalue weighted by Crippen LogP contribution is 2.34. The SMILES string of the molecule is CCCCCCCCc1ccc(OCCCC2CCC(CCCCC)CC2)cc1. The third kappa shape index (κ3) is 11.1. The molecule has 1 aliphatic carbocycles. The highest BCUT2D eigenvalue weighted by molar-refractivity contribution is 5.27. The molecule has 0 unspecified atom stereocenters. The summed E-state index contributed by atoms with van der Waals surface area (Å²) in [6, 6.07) is 8.88. The average molecular weight is 401 g/mol. The Morgan fingerprint density at radius 3 is 1.86 bits per heavy atom. The van der Waals surface area contributed by atoms with E-state index in [2.05, 4.69) is 38.1 Å². The number of hydrogen-bond donors (Lipinski definition) is 0. The zero-order valence-electron chi connectivity index (χ0n) is 19.6. The quantitative estimate of drug-likeness (QED) is 0.251. The normalized spacial score (nSPS) is 19.4. The lowest BCUT2D eigenvalue weighted by atomic mass is 9.78. The van der Waals surface area contributed by atoms with E-state index in [1.54, 1.807) is 0 Å². The van der Waals surface area contributed by atoms with Crippen LogP contribution in [0.3, 0.4) is 0 Å². The first-order chi connectivity index (χ1) is 14.3. The van der Waals surface area contributed by atoms with E-state index in [0.717, 1.165) is 24.2 Å². The largest absolute Gasteiger partial charge is 0.494 e. The summed E-state index contributed by atoms with van der Waals surface area (Å²) in [6.45, 7) is 5.47. The first-order valence-corrected chi connectivity index (χ1v) is 13.0. The van der Waals surface area contributed by atoms with Gasteiger partial charge in [0.05, 0.1) is 6.61 Å². The van der Waals surface area contributed by atoms with Crippen molar-refractivity contribution < 1.29 is 4.74 Å². The fourth-order valence-electron chi connectivity index (χ4n) is 4.92. The molecule has 0 bridgehead atoms. The monoisotopic (exact) mass is 400 g/mol. The lowest BCUT2D eigenvalue weighted by molar-refractivity contribution is 0.228. The summed E-state index contributed by atoms with van der Waals surface area (Å²) in [5, 5.41) is 0. The van der Waals surface area contributed by atoms with Crippen LogP contribution < -0.4 is 4.74 Å². The fraction of sp³-hybridized carbons (Fsp3) is 0.786. The van der Waals surface area contributed by atoms with Crippen molar-refractivity contribution in [1.29, 1.82) is 0 Å². The van der Waals surface area contributed by atoms with Crippen LogP contribution >= 0.6 is 0 Å². The van der Waals surface area contributed by atoms with E-state index in [1.165, 1.54) is 115 Å². The molecule has 0 amide bonds. The minimum absolute atomic E-state index is 0.882. The Balaban J connectivity index is 1.49. The van der Waals surface area contributed by atoms with Gasteiger partial charge in [0.25, 0.3) is 0 Å². The van der Waals surface area contributed by atoms with Crippen LogP contribution in [0.15, 0.2) is 24.3 Å². The third-order valence-corrected chi connectivity index (χ3v) is 6.95. The van der Waals surface area contributed by atoms with E-state index in [0.29, 0.717) is 0 Å². The highest BCUT2D eigenvalue weighted by Gasteiger charge is 2.20. The van der Waals surface area contributed by atoms with Crippen molar-refractivity contribution in [2.24, 2.45) is 11.8 Å².